The molecule has 0 bridgehead atoms. The molecule has 1 aliphatic rings. The van der Waals surface area contributed by atoms with Crippen molar-refractivity contribution in [3.63, 3.8) is 0 Å². The molecule has 1 aliphatic carbocycles. The molecule has 1 fully saturated rings. The van der Waals surface area contributed by atoms with Crippen molar-refractivity contribution in [2.75, 3.05) is 0 Å². The summed E-state index contributed by atoms with van der Waals surface area (Å²) in [7, 11) is 0. The van der Waals surface area contributed by atoms with Gasteiger partial charge in [-0.3, -0.25) is 4.98 Å². The number of hydrogen-bond donors (Lipinski definition) is 2. The van der Waals surface area contributed by atoms with Gasteiger partial charge in [-0.15, -0.1) is 0 Å². The van der Waals surface area contributed by atoms with Gasteiger partial charge in [0.1, 0.15) is 0 Å². The maximum atomic E-state index is 10.2. The summed E-state index contributed by atoms with van der Waals surface area (Å²) in [5, 5.41) is 10.2. The van der Waals surface area contributed by atoms with Gasteiger partial charge in [0.05, 0.1) is 5.60 Å². The van der Waals surface area contributed by atoms with E-state index in [1.54, 1.807) is 12.4 Å². The average molecular weight is 192 g/mol. The van der Waals surface area contributed by atoms with Gasteiger partial charge in [-0.2, -0.15) is 0 Å². The zero-order chi connectivity index (χ0) is 10.0. The molecule has 0 radical (unpaired) electrons. The van der Waals surface area contributed by atoms with Crippen LogP contribution in [0.1, 0.15) is 24.8 Å². The van der Waals surface area contributed by atoms with Gasteiger partial charge in [-0.25, -0.2) is 0 Å². The van der Waals surface area contributed by atoms with Crippen molar-refractivity contribution in [1.29, 1.82) is 0 Å². The lowest BCUT2D eigenvalue weighted by Crippen LogP contribution is -2.30. The smallest absolute Gasteiger partial charge is 0.0703 e. The summed E-state index contributed by atoms with van der Waals surface area (Å²) >= 11 is 0. The van der Waals surface area contributed by atoms with Gasteiger partial charge in [-0.1, -0.05) is 0 Å². The standard InChI is InChI=1S/C11H16N2O/c12-10-1-4-11(14,8-10)7-9-2-5-13-6-3-9/h2-3,5-6,10,14H,1,4,7-8,12H2. The Balaban J connectivity index is 2.04. The predicted octanol–water partition coefficient (Wildman–Crippen LogP) is 0.866. The summed E-state index contributed by atoms with van der Waals surface area (Å²) in [5.41, 5.74) is 6.34. The van der Waals surface area contributed by atoms with Crippen molar-refractivity contribution in [2.45, 2.75) is 37.3 Å². The molecule has 0 aromatic carbocycles. The summed E-state index contributed by atoms with van der Waals surface area (Å²) in [6.07, 6.45) is 6.68. The van der Waals surface area contributed by atoms with Crippen LogP contribution in [-0.4, -0.2) is 21.7 Å². The van der Waals surface area contributed by atoms with E-state index in [0.717, 1.165) is 24.8 Å². The maximum Gasteiger partial charge on any atom is 0.0703 e. The van der Waals surface area contributed by atoms with Crippen LogP contribution in [0.25, 0.3) is 0 Å². The van der Waals surface area contributed by atoms with Crippen LogP contribution in [0, 0.1) is 0 Å². The second-order valence-corrected chi connectivity index (χ2v) is 4.26. The second kappa shape index (κ2) is 3.67. The molecule has 0 aliphatic heterocycles. The van der Waals surface area contributed by atoms with Gasteiger partial charge >= 0.3 is 0 Å². The van der Waals surface area contributed by atoms with Crippen LogP contribution >= 0.6 is 0 Å². The van der Waals surface area contributed by atoms with Crippen LogP contribution in [0.3, 0.4) is 0 Å². The lowest BCUT2D eigenvalue weighted by molar-refractivity contribution is 0.0468. The number of pyridine rings is 1. The predicted molar refractivity (Wildman–Crippen MR) is 54.7 cm³/mol. The Kier molecular flexibility index (Phi) is 2.52. The molecule has 2 atom stereocenters. The first kappa shape index (κ1) is 9.62. The normalized spacial score (nSPS) is 32.0. The maximum absolute atomic E-state index is 10.2. The highest BCUT2D eigenvalue weighted by Gasteiger charge is 2.35. The van der Waals surface area contributed by atoms with E-state index in [0.29, 0.717) is 6.42 Å². The van der Waals surface area contributed by atoms with Crippen LogP contribution in [0.4, 0.5) is 0 Å². The fourth-order valence-electron chi connectivity index (χ4n) is 2.19. The minimum atomic E-state index is -0.583. The van der Waals surface area contributed by atoms with E-state index in [1.165, 1.54) is 0 Å². The third kappa shape index (κ3) is 2.11. The van der Waals surface area contributed by atoms with Crippen molar-refractivity contribution in [3.8, 4) is 0 Å². The van der Waals surface area contributed by atoms with E-state index in [-0.39, 0.29) is 6.04 Å². The van der Waals surface area contributed by atoms with Crippen molar-refractivity contribution in [1.82, 2.24) is 4.98 Å². The Morgan fingerprint density at radius 3 is 2.79 bits per heavy atom. The second-order valence-electron chi connectivity index (χ2n) is 4.26. The van der Waals surface area contributed by atoms with Crippen molar-refractivity contribution >= 4 is 0 Å². The Morgan fingerprint density at radius 2 is 2.21 bits per heavy atom. The molecule has 0 saturated heterocycles. The molecule has 14 heavy (non-hydrogen) atoms. The summed E-state index contributed by atoms with van der Waals surface area (Å²) in [6, 6.07) is 4.06. The topological polar surface area (TPSA) is 59.1 Å². The van der Waals surface area contributed by atoms with Gasteiger partial charge in [-0.05, 0) is 37.0 Å². The highest BCUT2D eigenvalue weighted by atomic mass is 16.3. The molecule has 0 spiro atoms. The third-order valence-corrected chi connectivity index (χ3v) is 2.91. The third-order valence-electron chi connectivity index (χ3n) is 2.91. The summed E-state index contributed by atoms with van der Waals surface area (Å²) in [5.74, 6) is 0. The molecule has 1 saturated carbocycles. The fourth-order valence-corrected chi connectivity index (χ4v) is 2.19. The fraction of sp³-hybridized carbons (Fsp3) is 0.545. The number of aromatic nitrogens is 1. The summed E-state index contributed by atoms with van der Waals surface area (Å²) in [4.78, 5) is 3.95. The molecular weight excluding hydrogens is 176 g/mol. The first-order valence-corrected chi connectivity index (χ1v) is 5.05. The molecule has 1 aromatic heterocycles. The quantitative estimate of drug-likeness (QED) is 0.731. The van der Waals surface area contributed by atoms with Gasteiger partial charge < -0.3 is 10.8 Å². The minimum Gasteiger partial charge on any atom is -0.389 e. The van der Waals surface area contributed by atoms with Crippen LogP contribution in [0.2, 0.25) is 0 Å². The molecule has 0 amide bonds. The lowest BCUT2D eigenvalue weighted by Gasteiger charge is -2.22. The number of aliphatic hydroxyl groups is 1. The van der Waals surface area contributed by atoms with Crippen LogP contribution in [-0.2, 0) is 6.42 Å². The van der Waals surface area contributed by atoms with Crippen LogP contribution in [0.15, 0.2) is 24.5 Å². The highest BCUT2D eigenvalue weighted by Crippen LogP contribution is 2.31. The molecule has 3 heteroatoms. The monoisotopic (exact) mass is 192 g/mol. The zero-order valence-corrected chi connectivity index (χ0v) is 8.19. The molecule has 1 heterocycles. The SMILES string of the molecule is NC1CCC(O)(Cc2ccncc2)C1. The Morgan fingerprint density at radius 1 is 1.50 bits per heavy atom. The molecule has 2 rings (SSSR count). The zero-order valence-electron chi connectivity index (χ0n) is 8.19. The first-order valence-electron chi connectivity index (χ1n) is 5.05. The first-order chi connectivity index (χ1) is 6.68. The molecule has 3 N–H and O–H groups in total. The van der Waals surface area contributed by atoms with Crippen molar-refractivity contribution < 1.29 is 5.11 Å². The Bertz CT molecular complexity index is 301. The Hall–Kier alpha value is -0.930. The van der Waals surface area contributed by atoms with Crippen molar-refractivity contribution in [2.24, 2.45) is 5.73 Å². The average Bonchev–Trinajstić information content (AvgIpc) is 2.47. The summed E-state index contributed by atoms with van der Waals surface area (Å²) in [6.45, 7) is 0. The number of nitrogens with zero attached hydrogens (tertiary/aromatic N) is 1. The molecule has 3 nitrogen and oxygen atoms in total. The minimum absolute atomic E-state index is 0.168. The van der Waals surface area contributed by atoms with E-state index >= 15 is 0 Å². The Labute approximate surface area is 84.0 Å². The molecule has 2 unspecified atom stereocenters. The van der Waals surface area contributed by atoms with E-state index in [2.05, 4.69) is 4.98 Å². The highest BCUT2D eigenvalue weighted by molar-refractivity contribution is 5.14. The molecule has 1 aromatic rings. The molecular formula is C11H16N2O. The van der Waals surface area contributed by atoms with Gasteiger partial charge in [0.25, 0.3) is 0 Å². The van der Waals surface area contributed by atoms with Gasteiger partial charge in [0.15, 0.2) is 0 Å². The number of rotatable bonds is 2. The van der Waals surface area contributed by atoms with Crippen molar-refractivity contribution in [3.05, 3.63) is 30.1 Å². The van der Waals surface area contributed by atoms with Crippen LogP contribution < -0.4 is 5.73 Å². The van der Waals surface area contributed by atoms with Gasteiger partial charge in [0.2, 0.25) is 0 Å². The van der Waals surface area contributed by atoms with E-state index in [1.807, 2.05) is 12.1 Å². The largest absolute Gasteiger partial charge is 0.389 e. The van der Waals surface area contributed by atoms with Crippen LogP contribution in [0.5, 0.6) is 0 Å². The molecule has 76 valence electrons. The van der Waals surface area contributed by atoms with Gasteiger partial charge in [0, 0.05) is 24.9 Å². The number of nitrogens with two attached hydrogens (primary N) is 1. The number of hydrogen-bond acceptors (Lipinski definition) is 3. The van der Waals surface area contributed by atoms with E-state index < -0.39 is 5.60 Å². The van der Waals surface area contributed by atoms with E-state index in [4.69, 9.17) is 5.73 Å². The lowest BCUT2D eigenvalue weighted by atomic mass is 9.93. The van der Waals surface area contributed by atoms with E-state index in [9.17, 15) is 5.11 Å². The summed E-state index contributed by atoms with van der Waals surface area (Å²) < 4.78 is 0.